The van der Waals surface area contributed by atoms with Gasteiger partial charge in [-0.1, -0.05) is 62.8 Å². The van der Waals surface area contributed by atoms with Gasteiger partial charge in [-0.05, 0) is 6.92 Å². The Kier molecular flexibility index (Phi) is 6.55. The summed E-state index contributed by atoms with van der Waals surface area (Å²) in [6, 6.07) is 0. The zero-order valence-corrected chi connectivity index (χ0v) is 8.51. The molecule has 0 aromatic rings. The number of allylic oxidation sites excluding steroid dienone is 5. The molecule has 0 nitrogen and oxygen atoms in total. The van der Waals surface area contributed by atoms with Gasteiger partial charge >= 0.3 is 0 Å². The fraction of sp³-hybridized carbons (Fsp3) is 0.455. The molecule has 0 aromatic carbocycles. The summed E-state index contributed by atoms with van der Waals surface area (Å²) in [4.78, 5) is 0. The Labute approximate surface area is 77.1 Å². The van der Waals surface area contributed by atoms with Gasteiger partial charge in [0, 0.05) is 0 Å². The topological polar surface area (TPSA) is 0 Å². The number of rotatable bonds is 5. The molecule has 0 aromatic heterocycles. The minimum absolute atomic E-state index is 0.679. The van der Waals surface area contributed by atoms with Gasteiger partial charge in [-0.25, -0.2) is 0 Å². The number of hydrogen-bond donors (Lipinski definition) is 0. The van der Waals surface area contributed by atoms with Crippen LogP contribution in [0.15, 0.2) is 36.4 Å². The van der Waals surface area contributed by atoms with Crippen molar-refractivity contribution in [2.45, 2.75) is 33.4 Å². The van der Waals surface area contributed by atoms with E-state index in [4.69, 9.17) is 0 Å². The molecule has 0 amide bonds. The summed E-state index contributed by atoms with van der Waals surface area (Å²) in [5, 5.41) is 0. The fourth-order valence-electron chi connectivity index (χ4n) is 1.34. The molecule has 0 bridgehead atoms. The van der Waals surface area contributed by atoms with E-state index in [1.54, 1.807) is 0 Å². The van der Waals surface area contributed by atoms with Crippen LogP contribution in [0.3, 0.4) is 0 Å². The molecule has 0 heterocycles. The summed E-state index contributed by atoms with van der Waals surface area (Å²) in [5.41, 5.74) is 1.36. The van der Waals surface area contributed by atoms with Crippen molar-refractivity contribution in [2.75, 3.05) is 0 Å². The zero-order chi connectivity index (χ0) is 9.40. The molecule has 0 radical (unpaired) electrons. The molecular formula is C11H19B. The van der Waals surface area contributed by atoms with E-state index in [1.807, 2.05) is 19.1 Å². The third-order valence-corrected chi connectivity index (χ3v) is 2.17. The summed E-state index contributed by atoms with van der Waals surface area (Å²) in [6.07, 6.45) is 10.7. The molecular weight excluding hydrogens is 143 g/mol. The van der Waals surface area contributed by atoms with Crippen LogP contribution < -0.4 is 0 Å². The van der Waals surface area contributed by atoms with Crippen LogP contribution >= 0.6 is 0 Å². The first-order chi connectivity index (χ1) is 5.79. The summed E-state index contributed by atoms with van der Waals surface area (Å²) in [5.74, 6) is 0. The molecule has 0 aliphatic carbocycles. The third-order valence-electron chi connectivity index (χ3n) is 2.17. The smallest absolute Gasteiger partial charge is 0.0996 e. The van der Waals surface area contributed by atoms with Crippen LogP contribution in [0, 0.1) is 0 Å². The van der Waals surface area contributed by atoms with Crippen LogP contribution in [0.25, 0.3) is 0 Å². The zero-order valence-electron chi connectivity index (χ0n) is 8.51. The predicted octanol–water partition coefficient (Wildman–Crippen LogP) is 3.75. The van der Waals surface area contributed by atoms with Crippen LogP contribution in [-0.4, -0.2) is 6.71 Å². The molecule has 0 spiro atoms. The van der Waals surface area contributed by atoms with Gasteiger partial charge in [0.15, 0.2) is 6.71 Å². The molecule has 0 N–H and O–H groups in total. The molecule has 0 fully saturated rings. The first-order valence-electron chi connectivity index (χ1n) is 4.75. The minimum atomic E-state index is 0.679. The molecule has 1 heteroatoms. The molecule has 0 aliphatic heterocycles. The van der Waals surface area contributed by atoms with Crippen molar-refractivity contribution in [1.82, 2.24) is 0 Å². The molecule has 0 saturated heterocycles. The van der Waals surface area contributed by atoms with Crippen LogP contribution in [0.1, 0.15) is 20.8 Å². The Morgan fingerprint density at radius 2 is 1.92 bits per heavy atom. The van der Waals surface area contributed by atoms with Crippen LogP contribution in [-0.2, 0) is 0 Å². The molecule has 12 heavy (non-hydrogen) atoms. The minimum Gasteiger partial charge on any atom is -0.0996 e. The average Bonchev–Trinajstić information content (AvgIpc) is 2.12. The van der Waals surface area contributed by atoms with Crippen molar-refractivity contribution in [3.8, 4) is 0 Å². The van der Waals surface area contributed by atoms with Gasteiger partial charge in [-0.2, -0.15) is 0 Å². The van der Waals surface area contributed by atoms with E-state index >= 15 is 0 Å². The highest BCUT2D eigenvalue weighted by Crippen LogP contribution is 2.11. The van der Waals surface area contributed by atoms with Crippen molar-refractivity contribution in [1.29, 1.82) is 0 Å². The SMILES string of the molecule is C=C/C(=C\C=C/C)B(CC)CC. The maximum absolute atomic E-state index is 3.83. The standard InChI is InChI=1S/C11H19B/c1-5-9-10-11(6-2)12(7-3)8-4/h5-6,9-10H,2,7-8H2,1,3-4H3/b9-5-,11-10+. The highest BCUT2D eigenvalue weighted by molar-refractivity contribution is 6.67. The van der Waals surface area contributed by atoms with Gasteiger partial charge in [0.1, 0.15) is 0 Å². The highest BCUT2D eigenvalue weighted by Gasteiger charge is 2.10. The maximum atomic E-state index is 3.83. The van der Waals surface area contributed by atoms with E-state index in [0.29, 0.717) is 6.71 Å². The number of hydrogen-bond acceptors (Lipinski definition) is 0. The molecule has 0 rings (SSSR count). The van der Waals surface area contributed by atoms with Crippen LogP contribution in [0.2, 0.25) is 12.6 Å². The van der Waals surface area contributed by atoms with Crippen molar-refractivity contribution in [3.05, 3.63) is 36.4 Å². The lowest BCUT2D eigenvalue weighted by Crippen LogP contribution is -2.11. The molecule has 66 valence electrons. The summed E-state index contributed by atoms with van der Waals surface area (Å²) in [6.45, 7) is 11.0. The molecule has 0 aliphatic rings. The third kappa shape index (κ3) is 3.61. The van der Waals surface area contributed by atoms with Gasteiger partial charge in [-0.3, -0.25) is 0 Å². The quantitative estimate of drug-likeness (QED) is 0.426. The second-order valence-corrected chi connectivity index (χ2v) is 2.91. The van der Waals surface area contributed by atoms with Crippen molar-refractivity contribution >= 4 is 6.71 Å². The van der Waals surface area contributed by atoms with Crippen molar-refractivity contribution in [2.24, 2.45) is 0 Å². The van der Waals surface area contributed by atoms with E-state index in [0.717, 1.165) is 0 Å². The highest BCUT2D eigenvalue weighted by atomic mass is 13.8. The predicted molar refractivity (Wildman–Crippen MR) is 59.8 cm³/mol. The Morgan fingerprint density at radius 3 is 2.25 bits per heavy atom. The van der Waals surface area contributed by atoms with Gasteiger partial charge in [0.05, 0.1) is 0 Å². The van der Waals surface area contributed by atoms with E-state index < -0.39 is 0 Å². The largest absolute Gasteiger partial charge is 0.175 e. The van der Waals surface area contributed by atoms with Gasteiger partial charge < -0.3 is 0 Å². The molecule has 0 saturated carbocycles. The lowest BCUT2D eigenvalue weighted by atomic mass is 9.40. The normalized spacial score (nSPS) is 12.1. The second kappa shape index (κ2) is 6.96. The van der Waals surface area contributed by atoms with Crippen LogP contribution in [0.4, 0.5) is 0 Å². The van der Waals surface area contributed by atoms with Gasteiger partial charge in [-0.15, -0.1) is 0 Å². The van der Waals surface area contributed by atoms with E-state index in [9.17, 15) is 0 Å². The Bertz CT molecular complexity index is 173. The Balaban J connectivity index is 4.39. The second-order valence-electron chi connectivity index (χ2n) is 2.91. The Morgan fingerprint density at radius 1 is 1.33 bits per heavy atom. The maximum Gasteiger partial charge on any atom is 0.175 e. The van der Waals surface area contributed by atoms with Gasteiger partial charge in [0.25, 0.3) is 0 Å². The van der Waals surface area contributed by atoms with Crippen molar-refractivity contribution < 1.29 is 0 Å². The van der Waals surface area contributed by atoms with Gasteiger partial charge in [0.2, 0.25) is 0 Å². The van der Waals surface area contributed by atoms with E-state index in [-0.39, 0.29) is 0 Å². The summed E-state index contributed by atoms with van der Waals surface area (Å²) in [7, 11) is 0. The summed E-state index contributed by atoms with van der Waals surface area (Å²) < 4.78 is 0. The first kappa shape index (κ1) is 11.3. The molecule has 0 atom stereocenters. The average molecular weight is 162 g/mol. The first-order valence-corrected chi connectivity index (χ1v) is 4.75. The van der Waals surface area contributed by atoms with Crippen molar-refractivity contribution in [3.63, 3.8) is 0 Å². The Hall–Kier alpha value is -0.715. The van der Waals surface area contributed by atoms with Crippen LogP contribution in [0.5, 0.6) is 0 Å². The fourth-order valence-corrected chi connectivity index (χ4v) is 1.34. The van der Waals surface area contributed by atoms with E-state index in [2.05, 4.69) is 32.6 Å². The monoisotopic (exact) mass is 162 g/mol. The lowest BCUT2D eigenvalue weighted by Gasteiger charge is -2.08. The lowest BCUT2D eigenvalue weighted by molar-refractivity contribution is 1.31. The summed E-state index contributed by atoms with van der Waals surface area (Å²) >= 11 is 0. The molecule has 0 unspecified atom stereocenters. The van der Waals surface area contributed by atoms with E-state index in [1.165, 1.54) is 18.1 Å².